The van der Waals surface area contributed by atoms with E-state index in [0.717, 1.165) is 11.8 Å². The van der Waals surface area contributed by atoms with E-state index in [4.69, 9.17) is 4.74 Å². The van der Waals surface area contributed by atoms with E-state index in [1.54, 1.807) is 31.2 Å². The summed E-state index contributed by atoms with van der Waals surface area (Å²) in [4.78, 5) is 26.8. The van der Waals surface area contributed by atoms with Gasteiger partial charge < -0.3 is 15.0 Å². The lowest BCUT2D eigenvalue weighted by atomic mass is 10.1. The summed E-state index contributed by atoms with van der Waals surface area (Å²) in [7, 11) is -0.581. The molecule has 0 spiro atoms. The Morgan fingerprint density at radius 1 is 1.06 bits per heavy atom. The fourth-order valence-electron chi connectivity index (χ4n) is 3.39. The summed E-state index contributed by atoms with van der Waals surface area (Å²) in [6, 6.07) is 15.6. The van der Waals surface area contributed by atoms with E-state index in [2.05, 4.69) is 5.32 Å². The number of para-hydroxylation sites is 2. The first-order valence-electron chi connectivity index (χ1n) is 10.3. The highest BCUT2D eigenvalue weighted by Crippen LogP contribution is 2.29. The van der Waals surface area contributed by atoms with Crippen molar-refractivity contribution in [2.24, 2.45) is 0 Å². The van der Waals surface area contributed by atoms with E-state index in [-0.39, 0.29) is 37.7 Å². The number of hydrogen-bond donors (Lipinski definition) is 1. The number of carbonyl (C=O) groups excluding carboxylic acids is 2. The van der Waals surface area contributed by atoms with Crippen LogP contribution in [0.15, 0.2) is 54.6 Å². The van der Waals surface area contributed by atoms with Crippen LogP contribution in [0.1, 0.15) is 25.3 Å². The van der Waals surface area contributed by atoms with Crippen LogP contribution in [0.25, 0.3) is 0 Å². The monoisotopic (exact) mass is 461 g/mol. The molecule has 174 valence electrons. The Balaban J connectivity index is 2.15. The van der Waals surface area contributed by atoms with Gasteiger partial charge in [0.2, 0.25) is 21.8 Å². The number of sulfonamides is 1. The molecule has 0 aliphatic rings. The van der Waals surface area contributed by atoms with Crippen molar-refractivity contribution in [3.8, 4) is 5.75 Å². The number of rotatable bonds is 11. The first-order chi connectivity index (χ1) is 15.2. The zero-order chi connectivity index (χ0) is 23.7. The van der Waals surface area contributed by atoms with Gasteiger partial charge in [-0.25, -0.2) is 8.42 Å². The third kappa shape index (κ3) is 6.71. The molecule has 1 N–H and O–H groups in total. The molecule has 2 amide bonds. The molecule has 0 fully saturated rings. The van der Waals surface area contributed by atoms with Gasteiger partial charge in [-0.2, -0.15) is 0 Å². The Labute approximate surface area is 190 Å². The molecule has 0 heterocycles. The largest absolute Gasteiger partial charge is 0.495 e. The van der Waals surface area contributed by atoms with Crippen LogP contribution in [0.2, 0.25) is 0 Å². The van der Waals surface area contributed by atoms with Crippen LogP contribution in [0.3, 0.4) is 0 Å². The number of nitrogens with zero attached hydrogens (tertiary/aromatic N) is 2. The third-order valence-electron chi connectivity index (χ3n) is 5.12. The Bertz CT molecular complexity index is 1010. The number of hydrogen-bond acceptors (Lipinski definition) is 5. The van der Waals surface area contributed by atoms with Crippen molar-refractivity contribution < 1.29 is 22.7 Å². The fraction of sp³-hybridized carbons (Fsp3) is 0.391. The molecule has 0 aliphatic heterocycles. The van der Waals surface area contributed by atoms with Crippen LogP contribution < -0.4 is 14.4 Å². The zero-order valence-electron chi connectivity index (χ0n) is 18.9. The van der Waals surface area contributed by atoms with Gasteiger partial charge in [0.25, 0.3) is 0 Å². The fourth-order valence-corrected chi connectivity index (χ4v) is 4.36. The number of anilines is 1. The number of carbonyl (C=O) groups is 2. The first kappa shape index (κ1) is 25.2. The summed E-state index contributed by atoms with van der Waals surface area (Å²) in [5.41, 5.74) is 1.33. The highest BCUT2D eigenvalue weighted by Gasteiger charge is 2.26. The number of nitrogens with one attached hydrogen (secondary N) is 1. The molecule has 8 nitrogen and oxygen atoms in total. The molecular formula is C23H31N3O5S. The SMILES string of the molecule is CNC(=O)C(C)N(Cc1ccccc1)C(=O)CCCN(c1ccccc1OC)S(C)(=O)=O. The van der Waals surface area contributed by atoms with E-state index in [9.17, 15) is 18.0 Å². The number of methoxy groups -OCH3 is 1. The van der Waals surface area contributed by atoms with E-state index >= 15 is 0 Å². The molecule has 9 heteroatoms. The third-order valence-corrected chi connectivity index (χ3v) is 6.30. The maximum Gasteiger partial charge on any atom is 0.242 e. The molecule has 1 unspecified atom stereocenters. The smallest absolute Gasteiger partial charge is 0.242 e. The minimum atomic E-state index is -3.59. The molecule has 32 heavy (non-hydrogen) atoms. The van der Waals surface area contributed by atoms with Crippen LogP contribution in [-0.4, -0.2) is 58.1 Å². The van der Waals surface area contributed by atoms with Gasteiger partial charge >= 0.3 is 0 Å². The predicted octanol–water partition coefficient (Wildman–Crippen LogP) is 2.40. The predicted molar refractivity (Wildman–Crippen MR) is 125 cm³/mol. The van der Waals surface area contributed by atoms with Gasteiger partial charge in [0.15, 0.2) is 0 Å². The van der Waals surface area contributed by atoms with E-state index in [1.165, 1.54) is 23.4 Å². The van der Waals surface area contributed by atoms with Crippen molar-refractivity contribution in [2.45, 2.75) is 32.4 Å². The average molecular weight is 462 g/mol. The first-order valence-corrected chi connectivity index (χ1v) is 12.2. The minimum absolute atomic E-state index is 0.0926. The van der Waals surface area contributed by atoms with Crippen LogP contribution in [-0.2, 0) is 26.2 Å². The van der Waals surface area contributed by atoms with E-state index in [1.807, 2.05) is 30.3 Å². The highest BCUT2D eigenvalue weighted by atomic mass is 32.2. The maximum atomic E-state index is 13.1. The van der Waals surface area contributed by atoms with Gasteiger partial charge in [-0.15, -0.1) is 0 Å². The highest BCUT2D eigenvalue weighted by molar-refractivity contribution is 7.92. The second-order valence-corrected chi connectivity index (χ2v) is 9.31. The quantitative estimate of drug-likeness (QED) is 0.554. The summed E-state index contributed by atoms with van der Waals surface area (Å²) in [5.74, 6) is -0.0531. The Hall–Kier alpha value is -3.07. The Morgan fingerprint density at radius 2 is 1.69 bits per heavy atom. The summed E-state index contributed by atoms with van der Waals surface area (Å²) >= 11 is 0. The van der Waals surface area contributed by atoms with E-state index < -0.39 is 16.1 Å². The van der Waals surface area contributed by atoms with Gasteiger partial charge in [-0.05, 0) is 31.0 Å². The van der Waals surface area contributed by atoms with Crippen molar-refractivity contribution in [3.05, 3.63) is 60.2 Å². The molecule has 0 aliphatic carbocycles. The van der Waals surface area contributed by atoms with Crippen LogP contribution in [0, 0.1) is 0 Å². The molecule has 0 bridgehead atoms. The lowest BCUT2D eigenvalue weighted by Gasteiger charge is -2.29. The standard InChI is InChI=1S/C23H31N3O5S/c1-18(23(28)24-2)25(17-19-11-6-5-7-12-19)22(27)15-10-16-26(32(4,29)30)20-13-8-9-14-21(20)31-3/h5-9,11-14,18H,10,15-17H2,1-4H3,(H,24,28). The molecule has 2 aromatic carbocycles. The van der Waals surface area contributed by atoms with Gasteiger partial charge in [0.1, 0.15) is 11.8 Å². The van der Waals surface area contributed by atoms with Crippen LogP contribution in [0.5, 0.6) is 5.75 Å². The van der Waals surface area contributed by atoms with Crippen molar-refractivity contribution in [1.82, 2.24) is 10.2 Å². The van der Waals surface area contributed by atoms with Crippen LogP contribution >= 0.6 is 0 Å². The van der Waals surface area contributed by atoms with Crippen LogP contribution in [0.4, 0.5) is 5.69 Å². The topological polar surface area (TPSA) is 96.0 Å². The van der Waals surface area contributed by atoms with Gasteiger partial charge in [-0.3, -0.25) is 13.9 Å². The molecule has 0 saturated heterocycles. The molecule has 0 saturated carbocycles. The van der Waals surface area contributed by atoms with Gasteiger partial charge in [0, 0.05) is 26.6 Å². The zero-order valence-corrected chi connectivity index (χ0v) is 19.8. The molecule has 2 rings (SSSR count). The molecule has 2 aromatic rings. The summed E-state index contributed by atoms with van der Waals surface area (Å²) in [6.45, 7) is 2.08. The maximum absolute atomic E-state index is 13.1. The molecule has 0 radical (unpaired) electrons. The summed E-state index contributed by atoms with van der Waals surface area (Å²) in [6.07, 6.45) is 1.50. The summed E-state index contributed by atoms with van der Waals surface area (Å²) < 4.78 is 31.4. The van der Waals surface area contributed by atoms with Crippen molar-refractivity contribution in [2.75, 3.05) is 31.3 Å². The van der Waals surface area contributed by atoms with Crippen molar-refractivity contribution in [1.29, 1.82) is 0 Å². The second kappa shape index (κ2) is 11.5. The normalized spacial score (nSPS) is 12.0. The molecular weight excluding hydrogens is 430 g/mol. The van der Waals surface area contributed by atoms with E-state index in [0.29, 0.717) is 11.4 Å². The number of likely N-dealkylation sites (N-methyl/N-ethyl adjacent to an activating group) is 1. The minimum Gasteiger partial charge on any atom is -0.495 e. The lowest BCUT2D eigenvalue weighted by Crippen LogP contribution is -2.46. The van der Waals surface area contributed by atoms with Gasteiger partial charge in [-0.1, -0.05) is 42.5 Å². The molecule has 1 atom stereocenters. The van der Waals surface area contributed by atoms with Gasteiger partial charge in [0.05, 0.1) is 19.1 Å². The Morgan fingerprint density at radius 3 is 2.28 bits per heavy atom. The number of ether oxygens (including phenoxy) is 1. The number of benzene rings is 2. The second-order valence-electron chi connectivity index (χ2n) is 7.41. The molecule has 0 aromatic heterocycles. The van der Waals surface area contributed by atoms with Crippen molar-refractivity contribution >= 4 is 27.5 Å². The lowest BCUT2D eigenvalue weighted by molar-refractivity contribution is -0.140. The summed E-state index contributed by atoms with van der Waals surface area (Å²) in [5, 5.41) is 2.58. The Kier molecular flexibility index (Phi) is 9.07. The average Bonchev–Trinajstić information content (AvgIpc) is 2.79. The number of amides is 2. The van der Waals surface area contributed by atoms with Crippen molar-refractivity contribution in [3.63, 3.8) is 0 Å².